The van der Waals surface area contributed by atoms with E-state index in [0.717, 1.165) is 25.0 Å². The van der Waals surface area contributed by atoms with E-state index in [2.05, 4.69) is 5.32 Å². The summed E-state index contributed by atoms with van der Waals surface area (Å²) in [4.78, 5) is 23.0. The highest BCUT2D eigenvalue weighted by atomic mass is 19.1. The molecule has 0 unspecified atom stereocenters. The lowest BCUT2D eigenvalue weighted by atomic mass is 10.1. The molecule has 0 bridgehead atoms. The first kappa shape index (κ1) is 13.5. The molecule has 19 heavy (non-hydrogen) atoms. The maximum Gasteiger partial charge on any atom is 0.254 e. The van der Waals surface area contributed by atoms with Gasteiger partial charge in [0.2, 0.25) is 5.91 Å². The van der Waals surface area contributed by atoms with E-state index in [1.807, 2.05) is 0 Å². The molecule has 1 fully saturated rings. The van der Waals surface area contributed by atoms with Gasteiger partial charge < -0.3 is 11.1 Å². The van der Waals surface area contributed by atoms with E-state index in [1.165, 1.54) is 0 Å². The second kappa shape index (κ2) is 5.34. The van der Waals surface area contributed by atoms with E-state index < -0.39 is 29.5 Å². The second-order valence-corrected chi connectivity index (χ2v) is 4.73. The largest absolute Gasteiger partial charge is 0.368 e. The molecular formula is C13H14F2N2O2. The first-order valence-corrected chi connectivity index (χ1v) is 6.02. The van der Waals surface area contributed by atoms with Crippen molar-refractivity contribution in [3.05, 3.63) is 35.4 Å². The minimum absolute atomic E-state index is 0.302. The summed E-state index contributed by atoms with van der Waals surface area (Å²) >= 11 is 0. The molecule has 3 N–H and O–H groups in total. The predicted molar refractivity (Wildman–Crippen MR) is 64.1 cm³/mol. The minimum Gasteiger partial charge on any atom is -0.368 e. The summed E-state index contributed by atoms with van der Waals surface area (Å²) in [6, 6.07) is 1.83. The second-order valence-electron chi connectivity index (χ2n) is 4.73. The third-order valence-corrected chi connectivity index (χ3v) is 3.09. The average Bonchev–Trinajstić information content (AvgIpc) is 3.11. The molecule has 4 nitrogen and oxygen atoms in total. The molecule has 0 radical (unpaired) electrons. The molecule has 2 rings (SSSR count). The van der Waals surface area contributed by atoms with Crippen LogP contribution in [0.2, 0.25) is 0 Å². The fraction of sp³-hybridized carbons (Fsp3) is 0.385. The maximum atomic E-state index is 13.4. The zero-order valence-electron chi connectivity index (χ0n) is 10.2. The summed E-state index contributed by atoms with van der Waals surface area (Å²) in [5.74, 6) is -2.76. The predicted octanol–water partition coefficient (Wildman–Crippen LogP) is 1.35. The van der Waals surface area contributed by atoms with Gasteiger partial charge in [0.05, 0.1) is 5.56 Å². The highest BCUT2D eigenvalue weighted by Gasteiger charge is 2.29. The Bertz CT molecular complexity index is 515. The molecule has 6 heteroatoms. The lowest BCUT2D eigenvalue weighted by molar-refractivity contribution is -0.120. The zero-order chi connectivity index (χ0) is 14.0. The van der Waals surface area contributed by atoms with E-state index in [0.29, 0.717) is 18.4 Å². The first-order valence-electron chi connectivity index (χ1n) is 6.02. The number of hydrogen-bond acceptors (Lipinski definition) is 2. The van der Waals surface area contributed by atoms with Crippen molar-refractivity contribution in [2.75, 3.05) is 0 Å². The summed E-state index contributed by atoms with van der Waals surface area (Å²) in [6.45, 7) is 0. The van der Waals surface area contributed by atoms with Gasteiger partial charge in [-0.1, -0.05) is 12.8 Å². The number of rotatable bonds is 5. The van der Waals surface area contributed by atoms with Gasteiger partial charge in [0, 0.05) is 6.07 Å². The van der Waals surface area contributed by atoms with Crippen molar-refractivity contribution in [2.24, 2.45) is 11.7 Å². The molecule has 0 aromatic heterocycles. The van der Waals surface area contributed by atoms with Crippen LogP contribution in [0.4, 0.5) is 8.78 Å². The monoisotopic (exact) mass is 268 g/mol. The molecule has 0 aliphatic heterocycles. The van der Waals surface area contributed by atoms with Gasteiger partial charge in [0.15, 0.2) is 0 Å². The van der Waals surface area contributed by atoms with Crippen LogP contribution in [-0.2, 0) is 4.79 Å². The summed E-state index contributed by atoms with van der Waals surface area (Å²) in [5, 5.41) is 2.39. The number of hydrogen-bond donors (Lipinski definition) is 2. The molecule has 1 aliphatic carbocycles. The smallest absolute Gasteiger partial charge is 0.254 e. The van der Waals surface area contributed by atoms with Gasteiger partial charge in [-0.2, -0.15) is 0 Å². The summed E-state index contributed by atoms with van der Waals surface area (Å²) in [6.07, 6.45) is 2.47. The fourth-order valence-corrected chi connectivity index (χ4v) is 1.84. The number of amides is 2. The van der Waals surface area contributed by atoms with Crippen molar-refractivity contribution in [3.63, 3.8) is 0 Å². The molecule has 1 atom stereocenters. The number of nitrogens with one attached hydrogen (secondary N) is 1. The van der Waals surface area contributed by atoms with Crippen LogP contribution in [0.3, 0.4) is 0 Å². The topological polar surface area (TPSA) is 72.2 Å². The minimum atomic E-state index is -0.966. The number of halogens is 2. The summed E-state index contributed by atoms with van der Waals surface area (Å²) < 4.78 is 26.1. The van der Waals surface area contributed by atoms with E-state index in [4.69, 9.17) is 5.73 Å². The Kier molecular flexibility index (Phi) is 3.78. The molecule has 1 saturated carbocycles. The summed E-state index contributed by atoms with van der Waals surface area (Å²) in [7, 11) is 0. The fourth-order valence-electron chi connectivity index (χ4n) is 1.84. The molecule has 0 saturated heterocycles. The lowest BCUT2D eigenvalue weighted by Gasteiger charge is -2.15. The Morgan fingerprint density at radius 2 is 2.05 bits per heavy atom. The van der Waals surface area contributed by atoms with Crippen LogP contribution in [0, 0.1) is 17.6 Å². The molecule has 1 aromatic rings. The van der Waals surface area contributed by atoms with Gasteiger partial charge >= 0.3 is 0 Å². The Labute approximate surface area is 109 Å². The standard InChI is InChI=1S/C13H14F2N2O2/c14-8-3-4-9(10(15)6-8)13(19)17-11(12(16)18)5-7-1-2-7/h3-4,6-7,11H,1-2,5H2,(H2,16,18)(H,17,19)/t11-/m1/s1. The first-order chi connectivity index (χ1) is 8.97. The van der Waals surface area contributed by atoms with Crippen molar-refractivity contribution < 1.29 is 18.4 Å². The third kappa shape index (κ3) is 3.49. The van der Waals surface area contributed by atoms with Crippen molar-refractivity contribution >= 4 is 11.8 Å². The SMILES string of the molecule is NC(=O)[C@@H](CC1CC1)NC(=O)c1ccc(F)cc1F. The van der Waals surface area contributed by atoms with Crippen molar-refractivity contribution in [3.8, 4) is 0 Å². The van der Waals surface area contributed by atoms with E-state index >= 15 is 0 Å². The number of nitrogens with two attached hydrogens (primary N) is 1. The van der Waals surface area contributed by atoms with Gasteiger partial charge in [0.25, 0.3) is 5.91 Å². The van der Waals surface area contributed by atoms with Crippen molar-refractivity contribution in [1.29, 1.82) is 0 Å². The molecule has 2 amide bonds. The number of primary amides is 1. The molecule has 102 valence electrons. The van der Waals surface area contributed by atoms with Gasteiger partial charge in [-0.3, -0.25) is 9.59 Å². The van der Waals surface area contributed by atoms with Gasteiger partial charge in [0.1, 0.15) is 17.7 Å². The number of carbonyl (C=O) groups is 2. The van der Waals surface area contributed by atoms with Gasteiger partial charge in [-0.25, -0.2) is 8.78 Å². The average molecular weight is 268 g/mol. The van der Waals surface area contributed by atoms with E-state index in [9.17, 15) is 18.4 Å². The Morgan fingerprint density at radius 3 is 2.58 bits per heavy atom. The number of carbonyl (C=O) groups excluding carboxylic acids is 2. The molecular weight excluding hydrogens is 254 g/mol. The lowest BCUT2D eigenvalue weighted by Crippen LogP contribution is -2.45. The quantitative estimate of drug-likeness (QED) is 0.846. The highest BCUT2D eigenvalue weighted by molar-refractivity contribution is 5.97. The van der Waals surface area contributed by atoms with Crippen LogP contribution in [0.25, 0.3) is 0 Å². The Morgan fingerprint density at radius 1 is 1.37 bits per heavy atom. The summed E-state index contributed by atoms with van der Waals surface area (Å²) in [5.41, 5.74) is 4.89. The van der Waals surface area contributed by atoms with Crippen LogP contribution >= 0.6 is 0 Å². The molecule has 0 spiro atoms. The van der Waals surface area contributed by atoms with Crippen LogP contribution in [0.15, 0.2) is 18.2 Å². The van der Waals surface area contributed by atoms with Crippen molar-refractivity contribution in [2.45, 2.75) is 25.3 Å². The van der Waals surface area contributed by atoms with Gasteiger partial charge in [-0.15, -0.1) is 0 Å². The van der Waals surface area contributed by atoms with E-state index in [-0.39, 0.29) is 5.56 Å². The number of benzene rings is 1. The zero-order valence-corrected chi connectivity index (χ0v) is 10.2. The van der Waals surface area contributed by atoms with Crippen LogP contribution in [-0.4, -0.2) is 17.9 Å². The van der Waals surface area contributed by atoms with E-state index in [1.54, 1.807) is 0 Å². The van der Waals surface area contributed by atoms with Crippen molar-refractivity contribution in [1.82, 2.24) is 5.32 Å². The van der Waals surface area contributed by atoms with Gasteiger partial charge in [-0.05, 0) is 24.5 Å². The molecule has 0 heterocycles. The molecule has 1 aliphatic rings. The third-order valence-electron chi connectivity index (χ3n) is 3.09. The Hall–Kier alpha value is -1.98. The normalized spacial score (nSPS) is 15.9. The van der Waals surface area contributed by atoms with Crippen LogP contribution < -0.4 is 11.1 Å². The Balaban J connectivity index is 2.07. The van der Waals surface area contributed by atoms with Crippen LogP contribution in [0.5, 0.6) is 0 Å². The molecule has 1 aromatic carbocycles. The van der Waals surface area contributed by atoms with Crippen LogP contribution in [0.1, 0.15) is 29.6 Å². The maximum absolute atomic E-state index is 13.4. The highest BCUT2D eigenvalue weighted by Crippen LogP contribution is 2.33.